The fourth-order valence-electron chi connectivity index (χ4n) is 3.22. The number of rotatable bonds is 8. The van der Waals surface area contributed by atoms with E-state index in [0.29, 0.717) is 23.9 Å². The molecule has 0 aromatic heterocycles. The van der Waals surface area contributed by atoms with Crippen molar-refractivity contribution in [1.29, 1.82) is 0 Å². The van der Waals surface area contributed by atoms with E-state index in [-0.39, 0.29) is 11.9 Å². The van der Waals surface area contributed by atoms with Crippen LogP contribution in [0.25, 0.3) is 0 Å². The lowest BCUT2D eigenvalue weighted by Crippen LogP contribution is -2.39. The molecule has 1 aromatic carbocycles. The first-order chi connectivity index (χ1) is 12.6. The molecule has 2 rings (SSSR count). The minimum absolute atomic E-state index is 0.282. The van der Waals surface area contributed by atoms with Crippen LogP contribution in [0.3, 0.4) is 0 Å². The first kappa shape index (κ1) is 19.9. The van der Waals surface area contributed by atoms with Crippen molar-refractivity contribution in [2.45, 2.75) is 38.6 Å². The molecule has 1 aromatic rings. The Morgan fingerprint density at radius 1 is 1.31 bits per heavy atom. The Bertz CT molecular complexity index is 633. The highest BCUT2D eigenvalue weighted by atomic mass is 16.5. The number of nitrogens with zero attached hydrogens (tertiary/aromatic N) is 2. The Hall–Kier alpha value is -2.44. The van der Waals surface area contributed by atoms with Crippen LogP contribution < -0.4 is 20.1 Å². The zero-order valence-corrected chi connectivity index (χ0v) is 16.2. The summed E-state index contributed by atoms with van der Waals surface area (Å²) in [6.45, 7) is 3.76. The highest BCUT2D eigenvalue weighted by Gasteiger charge is 2.26. The fourth-order valence-corrected chi connectivity index (χ4v) is 3.22. The van der Waals surface area contributed by atoms with Gasteiger partial charge in [-0.3, -0.25) is 9.79 Å². The summed E-state index contributed by atoms with van der Waals surface area (Å²) in [5, 5.41) is 6.56. The van der Waals surface area contributed by atoms with Gasteiger partial charge in [-0.15, -0.1) is 0 Å². The average molecular weight is 362 g/mol. The Balaban J connectivity index is 1.88. The molecule has 26 heavy (non-hydrogen) atoms. The molecule has 0 aliphatic carbocycles. The lowest BCUT2D eigenvalue weighted by Gasteiger charge is -2.27. The number of amides is 1. The minimum atomic E-state index is 0.282. The van der Waals surface area contributed by atoms with E-state index in [9.17, 15) is 4.79 Å². The van der Waals surface area contributed by atoms with Crippen LogP contribution in [0.15, 0.2) is 23.2 Å². The molecule has 1 fully saturated rings. The molecule has 1 heterocycles. The Morgan fingerprint density at radius 3 is 2.65 bits per heavy atom. The SMILES string of the molecule is CCC(CCNC(=NC)Nc1ccc(OC)c(OC)c1)N1CCCC1=O. The molecular weight excluding hydrogens is 332 g/mol. The molecule has 0 saturated carbocycles. The standard InChI is InChI=1S/C19H30N4O3/c1-5-15(23-12-6-7-18(23)24)10-11-21-19(20-2)22-14-8-9-16(25-3)17(13-14)26-4/h8-9,13,15H,5-7,10-12H2,1-4H3,(H2,20,21,22). The summed E-state index contributed by atoms with van der Waals surface area (Å²) in [7, 11) is 4.96. The molecule has 1 amide bonds. The molecule has 0 radical (unpaired) electrons. The highest BCUT2D eigenvalue weighted by Crippen LogP contribution is 2.29. The molecule has 144 valence electrons. The summed E-state index contributed by atoms with van der Waals surface area (Å²) < 4.78 is 10.6. The second-order valence-electron chi connectivity index (χ2n) is 6.24. The number of guanidine groups is 1. The fraction of sp³-hybridized carbons (Fsp3) is 0.579. The van der Waals surface area contributed by atoms with Crippen LogP contribution in [0, 0.1) is 0 Å². The van der Waals surface area contributed by atoms with Gasteiger partial charge in [0.1, 0.15) is 0 Å². The third kappa shape index (κ3) is 5.03. The summed E-state index contributed by atoms with van der Waals surface area (Å²) in [4.78, 5) is 18.2. The summed E-state index contributed by atoms with van der Waals surface area (Å²) >= 11 is 0. The predicted octanol–water partition coefficient (Wildman–Crippen LogP) is 2.48. The van der Waals surface area contributed by atoms with Gasteiger partial charge in [-0.25, -0.2) is 0 Å². The van der Waals surface area contributed by atoms with E-state index in [1.54, 1.807) is 21.3 Å². The monoisotopic (exact) mass is 362 g/mol. The van der Waals surface area contributed by atoms with Crippen molar-refractivity contribution in [2.75, 3.05) is 39.7 Å². The topological polar surface area (TPSA) is 75.2 Å². The van der Waals surface area contributed by atoms with Crippen LogP contribution in [-0.4, -0.2) is 57.2 Å². The Morgan fingerprint density at radius 2 is 2.08 bits per heavy atom. The third-order valence-electron chi connectivity index (χ3n) is 4.66. The van der Waals surface area contributed by atoms with Crippen LogP contribution in [-0.2, 0) is 4.79 Å². The third-order valence-corrected chi connectivity index (χ3v) is 4.66. The maximum atomic E-state index is 11.9. The smallest absolute Gasteiger partial charge is 0.222 e. The number of nitrogens with one attached hydrogen (secondary N) is 2. The minimum Gasteiger partial charge on any atom is -0.493 e. The van der Waals surface area contributed by atoms with Crippen molar-refractivity contribution in [3.8, 4) is 11.5 Å². The van der Waals surface area contributed by atoms with Crippen molar-refractivity contribution in [3.05, 3.63) is 18.2 Å². The van der Waals surface area contributed by atoms with Crippen LogP contribution in [0.1, 0.15) is 32.6 Å². The van der Waals surface area contributed by atoms with Gasteiger partial charge in [0.25, 0.3) is 0 Å². The maximum Gasteiger partial charge on any atom is 0.222 e. The second-order valence-corrected chi connectivity index (χ2v) is 6.24. The van der Waals surface area contributed by atoms with Gasteiger partial charge in [-0.05, 0) is 31.4 Å². The largest absolute Gasteiger partial charge is 0.493 e. The number of hydrogen-bond donors (Lipinski definition) is 2. The van der Waals surface area contributed by atoms with E-state index in [2.05, 4.69) is 22.5 Å². The van der Waals surface area contributed by atoms with Crippen molar-refractivity contribution in [2.24, 2.45) is 4.99 Å². The normalized spacial score (nSPS) is 15.8. The van der Waals surface area contributed by atoms with Gasteiger partial charge in [-0.1, -0.05) is 6.92 Å². The average Bonchev–Trinajstić information content (AvgIpc) is 3.09. The first-order valence-corrected chi connectivity index (χ1v) is 9.12. The zero-order chi connectivity index (χ0) is 18.9. The summed E-state index contributed by atoms with van der Waals surface area (Å²) in [6.07, 6.45) is 3.53. The predicted molar refractivity (Wildman–Crippen MR) is 104 cm³/mol. The molecule has 1 saturated heterocycles. The van der Waals surface area contributed by atoms with Crippen LogP contribution in [0.4, 0.5) is 5.69 Å². The van der Waals surface area contributed by atoms with Gasteiger partial charge < -0.3 is 25.0 Å². The second kappa shape index (κ2) is 9.89. The van der Waals surface area contributed by atoms with Crippen molar-refractivity contribution < 1.29 is 14.3 Å². The lowest BCUT2D eigenvalue weighted by molar-refractivity contribution is -0.129. The lowest BCUT2D eigenvalue weighted by atomic mass is 10.1. The van der Waals surface area contributed by atoms with E-state index in [1.807, 2.05) is 23.1 Å². The van der Waals surface area contributed by atoms with E-state index in [4.69, 9.17) is 9.47 Å². The molecule has 1 aliphatic rings. The Labute approximate surface area is 155 Å². The van der Waals surface area contributed by atoms with E-state index in [1.165, 1.54) is 0 Å². The number of methoxy groups -OCH3 is 2. The van der Waals surface area contributed by atoms with Gasteiger partial charge in [0.05, 0.1) is 14.2 Å². The molecular formula is C19H30N4O3. The summed E-state index contributed by atoms with van der Waals surface area (Å²) in [6, 6.07) is 5.91. The summed E-state index contributed by atoms with van der Waals surface area (Å²) in [5.41, 5.74) is 0.859. The zero-order valence-electron chi connectivity index (χ0n) is 16.2. The molecule has 7 heteroatoms. The molecule has 0 spiro atoms. The molecule has 0 bridgehead atoms. The van der Waals surface area contributed by atoms with Gasteiger partial charge in [0.15, 0.2) is 17.5 Å². The number of anilines is 1. The Kier molecular flexibility index (Phi) is 7.56. The maximum absolute atomic E-state index is 11.9. The van der Waals surface area contributed by atoms with Crippen molar-refractivity contribution in [3.63, 3.8) is 0 Å². The van der Waals surface area contributed by atoms with Gasteiger partial charge in [-0.2, -0.15) is 0 Å². The molecule has 2 N–H and O–H groups in total. The van der Waals surface area contributed by atoms with Crippen LogP contribution >= 0.6 is 0 Å². The molecule has 1 unspecified atom stereocenters. The highest BCUT2D eigenvalue weighted by molar-refractivity contribution is 5.93. The number of benzene rings is 1. The number of carbonyl (C=O) groups is 1. The quantitative estimate of drug-likeness (QED) is 0.549. The van der Waals surface area contributed by atoms with Crippen LogP contribution in [0.2, 0.25) is 0 Å². The van der Waals surface area contributed by atoms with Crippen molar-refractivity contribution in [1.82, 2.24) is 10.2 Å². The van der Waals surface area contributed by atoms with Crippen molar-refractivity contribution >= 4 is 17.6 Å². The number of ether oxygens (including phenoxy) is 2. The number of carbonyl (C=O) groups excluding carboxylic acids is 1. The summed E-state index contributed by atoms with van der Waals surface area (Å²) in [5.74, 6) is 2.30. The number of aliphatic imine (C=N–C) groups is 1. The molecule has 1 atom stereocenters. The number of likely N-dealkylation sites (tertiary alicyclic amines) is 1. The van der Waals surface area contributed by atoms with E-state index in [0.717, 1.165) is 38.0 Å². The number of hydrogen-bond acceptors (Lipinski definition) is 4. The first-order valence-electron chi connectivity index (χ1n) is 9.12. The van der Waals surface area contributed by atoms with E-state index >= 15 is 0 Å². The molecule has 1 aliphatic heterocycles. The van der Waals surface area contributed by atoms with Gasteiger partial charge >= 0.3 is 0 Å². The molecule has 7 nitrogen and oxygen atoms in total. The van der Waals surface area contributed by atoms with Crippen LogP contribution in [0.5, 0.6) is 11.5 Å². The van der Waals surface area contributed by atoms with Gasteiger partial charge in [0.2, 0.25) is 5.91 Å². The van der Waals surface area contributed by atoms with E-state index < -0.39 is 0 Å². The van der Waals surface area contributed by atoms with Gasteiger partial charge in [0, 0.05) is 44.4 Å².